The fourth-order valence-corrected chi connectivity index (χ4v) is 7.30. The third-order valence-corrected chi connectivity index (χ3v) is 10.1. The molecule has 0 spiro atoms. The standard InChI is InChI=1S/C40H40N8O7/c1-4-11-47(36(49)18-42-39(51)53-2)20-35-41-17-31(44-35)24-6-8-27-26(12-24)21-55-34-16-23(5-9-28(27)34)22-7-10-29-30(13-22)46-38(45-29)33-15-25-14-32(25)48(33)37(50)19-43-40(52)54-3/h5-10,12-13,15-17,32-33H,4,11,14,18-21H2,1-3H3,(H,41,44)(H,42,51)(H,43,52)(H,45,46)/t32-,33+/m1/s1. The third-order valence-electron chi connectivity index (χ3n) is 10.1. The molecule has 3 aliphatic rings. The summed E-state index contributed by atoms with van der Waals surface area (Å²) in [4.78, 5) is 68.4. The Kier molecular flexibility index (Phi) is 9.43. The van der Waals surface area contributed by atoms with Crippen molar-refractivity contribution in [3.8, 4) is 39.3 Å². The Labute approximate surface area is 316 Å². The van der Waals surface area contributed by atoms with Gasteiger partial charge in [0.05, 0.1) is 49.7 Å². The van der Waals surface area contributed by atoms with Crippen LogP contribution in [0.1, 0.15) is 43.0 Å². The second kappa shape index (κ2) is 14.6. The van der Waals surface area contributed by atoms with Crippen molar-refractivity contribution < 1.29 is 33.4 Å². The van der Waals surface area contributed by atoms with Crippen molar-refractivity contribution in [2.45, 2.75) is 45.0 Å². The number of hydrogen-bond acceptors (Lipinski definition) is 9. The first kappa shape index (κ1) is 35.4. The number of carbonyl (C=O) groups is 4. The number of benzene rings is 3. The van der Waals surface area contributed by atoms with Crippen LogP contribution in [0.4, 0.5) is 9.59 Å². The number of methoxy groups -OCH3 is 2. The highest BCUT2D eigenvalue weighted by Crippen LogP contribution is 2.48. The summed E-state index contributed by atoms with van der Waals surface area (Å²) in [6.07, 6.45) is 4.14. The smallest absolute Gasteiger partial charge is 0.407 e. The molecule has 8 rings (SSSR count). The molecule has 2 aliphatic heterocycles. The first-order valence-electron chi connectivity index (χ1n) is 18.1. The number of alkyl carbamates (subject to hydrolysis) is 2. The van der Waals surface area contributed by atoms with Gasteiger partial charge in [-0.05, 0) is 70.5 Å². The van der Waals surface area contributed by atoms with Crippen LogP contribution in [0.15, 0.2) is 72.4 Å². The highest BCUT2D eigenvalue weighted by molar-refractivity contribution is 5.87. The molecule has 0 radical (unpaired) electrons. The summed E-state index contributed by atoms with van der Waals surface area (Å²) in [5.74, 6) is 1.69. The van der Waals surface area contributed by atoms with E-state index in [1.165, 1.54) is 19.8 Å². The summed E-state index contributed by atoms with van der Waals surface area (Å²) in [6.45, 7) is 2.89. The van der Waals surface area contributed by atoms with Crippen LogP contribution in [0.2, 0.25) is 0 Å². The van der Waals surface area contributed by atoms with Gasteiger partial charge < -0.3 is 44.6 Å². The summed E-state index contributed by atoms with van der Waals surface area (Å²) in [5, 5.41) is 4.93. The number of carbonyl (C=O) groups excluding carboxylic acids is 4. The first-order valence-corrected chi connectivity index (χ1v) is 18.1. The molecule has 55 heavy (non-hydrogen) atoms. The fourth-order valence-electron chi connectivity index (χ4n) is 7.30. The van der Waals surface area contributed by atoms with E-state index in [9.17, 15) is 19.2 Å². The molecular formula is C40H40N8O7. The maximum Gasteiger partial charge on any atom is 0.407 e. The van der Waals surface area contributed by atoms with Gasteiger partial charge in [0, 0.05) is 12.1 Å². The van der Waals surface area contributed by atoms with E-state index in [1.807, 2.05) is 25.1 Å². The van der Waals surface area contributed by atoms with Crippen molar-refractivity contribution in [1.29, 1.82) is 0 Å². The van der Waals surface area contributed by atoms with Crippen LogP contribution < -0.4 is 15.4 Å². The molecule has 15 heteroatoms. The number of aromatic nitrogens is 4. The van der Waals surface area contributed by atoms with Crippen molar-refractivity contribution in [2.24, 2.45) is 0 Å². The summed E-state index contributed by atoms with van der Waals surface area (Å²) in [7, 11) is 2.52. The van der Waals surface area contributed by atoms with Crippen LogP contribution in [-0.4, -0.2) is 93.6 Å². The molecule has 282 valence electrons. The fraction of sp³-hybridized carbons (Fsp3) is 0.300. The number of ether oxygens (including phenoxy) is 3. The number of nitrogens with one attached hydrogen (secondary N) is 4. The number of rotatable bonds is 11. The monoisotopic (exact) mass is 744 g/mol. The Balaban J connectivity index is 0.966. The van der Waals surface area contributed by atoms with Crippen molar-refractivity contribution in [2.75, 3.05) is 33.9 Å². The van der Waals surface area contributed by atoms with Gasteiger partial charge in [0.15, 0.2) is 0 Å². The van der Waals surface area contributed by atoms with Crippen molar-refractivity contribution >= 4 is 35.0 Å². The Bertz CT molecular complexity index is 2360. The zero-order chi connectivity index (χ0) is 38.2. The van der Waals surface area contributed by atoms with Gasteiger partial charge in [0.1, 0.15) is 43.1 Å². The van der Waals surface area contributed by atoms with Crippen LogP contribution in [0.25, 0.3) is 44.5 Å². The highest BCUT2D eigenvalue weighted by Gasteiger charge is 2.48. The largest absolute Gasteiger partial charge is 0.488 e. The van der Waals surface area contributed by atoms with Gasteiger partial charge in [-0.25, -0.2) is 19.6 Å². The quantitative estimate of drug-likeness (QED) is 0.132. The molecule has 2 aromatic heterocycles. The van der Waals surface area contributed by atoms with Crippen molar-refractivity contribution in [1.82, 2.24) is 40.4 Å². The number of fused-ring (bicyclic) bond motifs is 5. The normalized spacial score (nSPS) is 16.3. The van der Waals surface area contributed by atoms with E-state index in [4.69, 9.17) is 9.72 Å². The second-order valence-electron chi connectivity index (χ2n) is 13.7. The van der Waals surface area contributed by atoms with Gasteiger partial charge in [-0.2, -0.15) is 0 Å². The lowest BCUT2D eigenvalue weighted by Gasteiger charge is -2.25. The zero-order valence-corrected chi connectivity index (χ0v) is 30.6. The number of aromatic amines is 2. The van der Waals surface area contributed by atoms with Gasteiger partial charge >= 0.3 is 12.2 Å². The van der Waals surface area contributed by atoms with Crippen LogP contribution in [0.3, 0.4) is 0 Å². The minimum atomic E-state index is -0.654. The van der Waals surface area contributed by atoms with Crippen molar-refractivity contribution in [3.05, 3.63) is 89.7 Å². The topological polar surface area (TPSA) is 184 Å². The molecule has 4 N–H and O–H groups in total. The molecule has 0 unspecified atom stereocenters. The SMILES string of the molecule is CCCN(Cc1ncc(-c2ccc3c(c2)COc2cc(-c4ccc5nc([C@@H]6C=C7C[C@H]7N6C(=O)CNC(=O)OC)[nH]c5c4)ccc2-3)[nH]1)C(=O)CNC(=O)OC. The van der Waals surface area contributed by atoms with Gasteiger partial charge in [-0.15, -0.1) is 0 Å². The molecule has 15 nitrogen and oxygen atoms in total. The molecule has 4 amide bonds. The lowest BCUT2D eigenvalue weighted by atomic mass is 9.92. The van der Waals surface area contributed by atoms with Gasteiger partial charge in [0.2, 0.25) is 11.8 Å². The predicted octanol–water partition coefficient (Wildman–Crippen LogP) is 5.21. The average molecular weight is 745 g/mol. The maximum absolute atomic E-state index is 13.1. The van der Waals surface area contributed by atoms with Crippen LogP contribution in [0.5, 0.6) is 5.75 Å². The number of hydrogen-bond donors (Lipinski definition) is 4. The molecule has 0 saturated heterocycles. The van der Waals surface area contributed by atoms with E-state index in [1.54, 1.807) is 16.0 Å². The van der Waals surface area contributed by atoms with E-state index in [-0.39, 0.29) is 43.5 Å². The molecule has 2 atom stereocenters. The number of amides is 4. The summed E-state index contributed by atoms with van der Waals surface area (Å²) in [5.41, 5.74) is 9.74. The van der Waals surface area contributed by atoms with Crippen LogP contribution >= 0.6 is 0 Å². The van der Waals surface area contributed by atoms with E-state index in [2.05, 4.69) is 77.5 Å². The Morgan fingerprint density at radius 3 is 2.47 bits per heavy atom. The lowest BCUT2D eigenvalue weighted by molar-refractivity contribution is -0.132. The first-order chi connectivity index (χ1) is 26.7. The summed E-state index contributed by atoms with van der Waals surface area (Å²) < 4.78 is 15.5. The lowest BCUT2D eigenvalue weighted by Crippen LogP contribution is -2.41. The molecule has 1 aliphatic carbocycles. The molecule has 4 heterocycles. The number of nitrogens with zero attached hydrogens (tertiary/aromatic N) is 4. The van der Waals surface area contributed by atoms with Gasteiger partial charge in [-0.3, -0.25) is 9.59 Å². The predicted molar refractivity (Wildman–Crippen MR) is 201 cm³/mol. The Hall–Kier alpha value is -6.64. The van der Waals surface area contributed by atoms with Gasteiger partial charge in [0.25, 0.3) is 0 Å². The minimum absolute atomic E-state index is 0.0430. The third kappa shape index (κ3) is 7.07. The molecule has 0 bridgehead atoms. The maximum atomic E-state index is 13.1. The Morgan fingerprint density at radius 2 is 1.67 bits per heavy atom. The Morgan fingerprint density at radius 1 is 0.927 bits per heavy atom. The number of H-pyrrole nitrogens is 2. The zero-order valence-electron chi connectivity index (χ0n) is 30.6. The summed E-state index contributed by atoms with van der Waals surface area (Å²) in [6, 6.07) is 18.2. The van der Waals surface area contributed by atoms with E-state index >= 15 is 0 Å². The van der Waals surface area contributed by atoms with E-state index < -0.39 is 12.2 Å². The van der Waals surface area contributed by atoms with Crippen LogP contribution in [0, 0.1) is 0 Å². The van der Waals surface area contributed by atoms with E-state index in [0.29, 0.717) is 24.8 Å². The van der Waals surface area contributed by atoms with Crippen molar-refractivity contribution in [3.63, 3.8) is 0 Å². The molecule has 5 aromatic rings. The van der Waals surface area contributed by atoms with E-state index in [0.717, 1.165) is 68.7 Å². The van der Waals surface area contributed by atoms with Crippen LogP contribution in [-0.2, 0) is 32.2 Å². The second-order valence-corrected chi connectivity index (χ2v) is 13.7. The molecule has 3 aromatic carbocycles. The van der Waals surface area contributed by atoms with Gasteiger partial charge in [-0.1, -0.05) is 43.3 Å². The highest BCUT2D eigenvalue weighted by atomic mass is 16.5. The summed E-state index contributed by atoms with van der Waals surface area (Å²) >= 11 is 0. The average Bonchev–Trinajstić information content (AvgIpc) is 3.51. The number of imidazole rings is 2. The minimum Gasteiger partial charge on any atom is -0.488 e. The molecular weight excluding hydrogens is 704 g/mol. The molecule has 1 saturated carbocycles. The molecule has 1 fully saturated rings.